The molecule has 0 bridgehead atoms. The molecule has 2 aromatic carbocycles. The standard InChI is InChI=1S/C21H20N2O5/c1-26-18-9-7-15(8-10-18)13-23-21(25)17(12-22)11-16-5-3-4-6-19(16)28-14-20(24)27-2/h3-11H,13-14H2,1-2H3,(H,23,25)/b17-11-. The topological polar surface area (TPSA) is 97.7 Å². The van der Waals surface area contributed by atoms with Gasteiger partial charge in [-0.15, -0.1) is 0 Å². The lowest BCUT2D eigenvalue weighted by atomic mass is 10.1. The number of carbonyl (C=O) groups is 2. The van der Waals surface area contributed by atoms with E-state index in [4.69, 9.17) is 9.47 Å². The van der Waals surface area contributed by atoms with E-state index in [0.29, 0.717) is 11.3 Å². The summed E-state index contributed by atoms with van der Waals surface area (Å²) in [6.07, 6.45) is 1.41. The number of methoxy groups -OCH3 is 2. The molecule has 0 fully saturated rings. The molecule has 0 radical (unpaired) electrons. The summed E-state index contributed by atoms with van der Waals surface area (Å²) in [5, 5.41) is 12.1. The fourth-order valence-electron chi connectivity index (χ4n) is 2.25. The Morgan fingerprint density at radius 1 is 1.11 bits per heavy atom. The van der Waals surface area contributed by atoms with Crippen LogP contribution in [-0.2, 0) is 20.9 Å². The van der Waals surface area contributed by atoms with Crippen molar-refractivity contribution in [3.05, 3.63) is 65.2 Å². The Morgan fingerprint density at radius 3 is 2.46 bits per heavy atom. The summed E-state index contributed by atoms with van der Waals surface area (Å²) in [7, 11) is 2.84. The monoisotopic (exact) mass is 380 g/mol. The van der Waals surface area contributed by atoms with Crippen LogP contribution in [0.15, 0.2) is 54.1 Å². The Bertz CT molecular complexity index is 898. The molecule has 0 heterocycles. The van der Waals surface area contributed by atoms with Crippen LogP contribution in [-0.4, -0.2) is 32.7 Å². The lowest BCUT2D eigenvalue weighted by Gasteiger charge is -2.09. The van der Waals surface area contributed by atoms with Gasteiger partial charge in [-0.2, -0.15) is 5.26 Å². The second kappa shape index (κ2) is 10.4. The van der Waals surface area contributed by atoms with Gasteiger partial charge in [-0.05, 0) is 29.8 Å². The summed E-state index contributed by atoms with van der Waals surface area (Å²) in [5.74, 6) is 0.0393. The maximum atomic E-state index is 12.4. The molecule has 0 aliphatic carbocycles. The van der Waals surface area contributed by atoms with Crippen LogP contribution in [0.3, 0.4) is 0 Å². The Labute approximate surface area is 163 Å². The third-order valence-electron chi connectivity index (χ3n) is 3.77. The second-order valence-electron chi connectivity index (χ2n) is 5.60. The molecule has 0 aliphatic rings. The van der Waals surface area contributed by atoms with E-state index in [2.05, 4.69) is 10.1 Å². The summed E-state index contributed by atoms with van der Waals surface area (Å²) in [5.41, 5.74) is 1.29. The molecule has 7 nitrogen and oxygen atoms in total. The van der Waals surface area contributed by atoms with Gasteiger partial charge in [0, 0.05) is 12.1 Å². The van der Waals surface area contributed by atoms with Crippen molar-refractivity contribution in [2.24, 2.45) is 0 Å². The summed E-state index contributed by atoms with van der Waals surface area (Å²) in [6.45, 7) is -0.00472. The Morgan fingerprint density at radius 2 is 1.82 bits per heavy atom. The number of rotatable bonds is 8. The van der Waals surface area contributed by atoms with Crippen LogP contribution < -0.4 is 14.8 Å². The number of esters is 1. The minimum absolute atomic E-state index is 0.0809. The number of hydrogen-bond donors (Lipinski definition) is 1. The van der Waals surface area contributed by atoms with Gasteiger partial charge in [0.15, 0.2) is 6.61 Å². The van der Waals surface area contributed by atoms with Gasteiger partial charge in [0.2, 0.25) is 0 Å². The second-order valence-corrected chi connectivity index (χ2v) is 5.60. The summed E-state index contributed by atoms with van der Waals surface area (Å²) in [4.78, 5) is 23.6. The third kappa shape index (κ3) is 5.88. The van der Waals surface area contributed by atoms with E-state index in [9.17, 15) is 14.9 Å². The number of para-hydroxylation sites is 1. The van der Waals surface area contributed by atoms with E-state index in [-0.39, 0.29) is 18.7 Å². The smallest absolute Gasteiger partial charge is 0.343 e. The first-order valence-electron chi connectivity index (χ1n) is 8.39. The molecule has 1 N–H and O–H groups in total. The number of nitriles is 1. The van der Waals surface area contributed by atoms with Gasteiger partial charge < -0.3 is 19.5 Å². The van der Waals surface area contributed by atoms with E-state index in [0.717, 1.165) is 11.3 Å². The zero-order valence-corrected chi connectivity index (χ0v) is 15.6. The highest BCUT2D eigenvalue weighted by molar-refractivity contribution is 6.01. The van der Waals surface area contributed by atoms with E-state index >= 15 is 0 Å². The molecule has 1 amide bonds. The predicted molar refractivity (Wildman–Crippen MR) is 102 cm³/mol. The summed E-state index contributed by atoms with van der Waals surface area (Å²) < 4.78 is 15.0. The van der Waals surface area contributed by atoms with Gasteiger partial charge in [0.25, 0.3) is 5.91 Å². The largest absolute Gasteiger partial charge is 0.497 e. The predicted octanol–water partition coefficient (Wildman–Crippen LogP) is 2.47. The zero-order valence-electron chi connectivity index (χ0n) is 15.6. The number of nitrogens with one attached hydrogen (secondary N) is 1. The molecule has 7 heteroatoms. The first kappa shape index (κ1) is 20.5. The van der Waals surface area contributed by atoms with Crippen molar-refractivity contribution in [2.75, 3.05) is 20.8 Å². The van der Waals surface area contributed by atoms with Crippen LogP contribution in [0.25, 0.3) is 6.08 Å². The highest BCUT2D eigenvalue weighted by atomic mass is 16.6. The van der Waals surface area contributed by atoms with E-state index in [1.807, 2.05) is 18.2 Å². The van der Waals surface area contributed by atoms with Gasteiger partial charge in [-0.3, -0.25) is 4.79 Å². The molecule has 0 saturated carbocycles. The van der Waals surface area contributed by atoms with Gasteiger partial charge >= 0.3 is 5.97 Å². The molecule has 28 heavy (non-hydrogen) atoms. The number of ether oxygens (including phenoxy) is 3. The molecule has 2 aromatic rings. The van der Waals surface area contributed by atoms with Crippen LogP contribution in [0.2, 0.25) is 0 Å². The zero-order chi connectivity index (χ0) is 20.4. The Kier molecular flexibility index (Phi) is 7.61. The minimum Gasteiger partial charge on any atom is -0.497 e. The van der Waals surface area contributed by atoms with Gasteiger partial charge in [-0.1, -0.05) is 30.3 Å². The van der Waals surface area contributed by atoms with Crippen LogP contribution in [0.4, 0.5) is 0 Å². The minimum atomic E-state index is -0.531. The van der Waals surface area contributed by atoms with E-state index < -0.39 is 11.9 Å². The molecule has 0 spiro atoms. The lowest BCUT2D eigenvalue weighted by molar-refractivity contribution is -0.142. The highest BCUT2D eigenvalue weighted by Crippen LogP contribution is 2.21. The van der Waals surface area contributed by atoms with E-state index in [1.165, 1.54) is 13.2 Å². The average Bonchev–Trinajstić information content (AvgIpc) is 2.75. The SMILES string of the molecule is COC(=O)COc1ccccc1/C=C(/C#N)C(=O)NCc1ccc(OC)cc1. The quantitative estimate of drug-likeness (QED) is 0.429. The van der Waals surface area contributed by atoms with Crippen LogP contribution in [0.1, 0.15) is 11.1 Å². The number of hydrogen-bond acceptors (Lipinski definition) is 6. The van der Waals surface area contributed by atoms with Crippen molar-refractivity contribution in [3.63, 3.8) is 0 Å². The molecule has 0 aromatic heterocycles. The Hall–Kier alpha value is -3.79. The number of carbonyl (C=O) groups excluding carboxylic acids is 2. The number of benzene rings is 2. The number of amides is 1. The normalized spacial score (nSPS) is 10.5. The maximum absolute atomic E-state index is 12.4. The van der Waals surface area contributed by atoms with Crippen molar-refractivity contribution < 1.29 is 23.8 Å². The first-order valence-corrected chi connectivity index (χ1v) is 8.39. The van der Waals surface area contributed by atoms with Gasteiger partial charge in [0.1, 0.15) is 23.1 Å². The van der Waals surface area contributed by atoms with Crippen molar-refractivity contribution in [1.29, 1.82) is 5.26 Å². The van der Waals surface area contributed by atoms with Crippen LogP contribution >= 0.6 is 0 Å². The maximum Gasteiger partial charge on any atom is 0.343 e. The van der Waals surface area contributed by atoms with Crippen molar-refractivity contribution in [2.45, 2.75) is 6.54 Å². The summed E-state index contributed by atoms with van der Waals surface area (Å²) in [6, 6.07) is 15.9. The molecule has 0 saturated heterocycles. The molecule has 144 valence electrons. The van der Waals surface area contributed by atoms with Crippen LogP contribution in [0, 0.1) is 11.3 Å². The van der Waals surface area contributed by atoms with Gasteiger partial charge in [0.05, 0.1) is 14.2 Å². The van der Waals surface area contributed by atoms with Gasteiger partial charge in [-0.25, -0.2) is 4.79 Å². The van der Waals surface area contributed by atoms with Crippen molar-refractivity contribution >= 4 is 18.0 Å². The van der Waals surface area contributed by atoms with E-state index in [1.54, 1.807) is 43.5 Å². The van der Waals surface area contributed by atoms with Crippen molar-refractivity contribution in [3.8, 4) is 17.6 Å². The molecule has 2 rings (SSSR count). The highest BCUT2D eigenvalue weighted by Gasteiger charge is 2.11. The Balaban J connectivity index is 2.08. The fraction of sp³-hybridized carbons (Fsp3) is 0.190. The summed E-state index contributed by atoms with van der Waals surface area (Å²) >= 11 is 0. The lowest BCUT2D eigenvalue weighted by Crippen LogP contribution is -2.24. The average molecular weight is 380 g/mol. The van der Waals surface area contributed by atoms with Crippen molar-refractivity contribution in [1.82, 2.24) is 5.32 Å². The molecule has 0 atom stereocenters. The first-order chi connectivity index (χ1) is 13.6. The van der Waals surface area contributed by atoms with Crippen LogP contribution in [0.5, 0.6) is 11.5 Å². The molecule has 0 aliphatic heterocycles. The molecule has 0 unspecified atom stereocenters. The third-order valence-corrected chi connectivity index (χ3v) is 3.77. The molecular formula is C21H20N2O5. The molecular weight excluding hydrogens is 360 g/mol. The number of nitrogens with zero attached hydrogens (tertiary/aromatic N) is 1. The fourth-order valence-corrected chi connectivity index (χ4v) is 2.25.